The zero-order chi connectivity index (χ0) is 33.4. The number of ether oxygens (including phenoxy) is 3. The summed E-state index contributed by atoms with van der Waals surface area (Å²) in [4.78, 5) is 37.3. The molecule has 5 atom stereocenters. The van der Waals surface area contributed by atoms with Gasteiger partial charge in [-0.05, 0) is 37.5 Å². The number of aliphatic hydroxyl groups is 1. The zero-order valence-corrected chi connectivity index (χ0v) is 26.8. The van der Waals surface area contributed by atoms with E-state index in [-0.39, 0.29) is 56.6 Å². The molecule has 0 spiro atoms. The molecule has 2 unspecified atom stereocenters. The Morgan fingerprint density at radius 3 is 2.68 bits per heavy atom. The van der Waals surface area contributed by atoms with E-state index < -0.39 is 38.2 Å². The first-order chi connectivity index (χ1) is 22.7. The van der Waals surface area contributed by atoms with Crippen LogP contribution in [0.1, 0.15) is 44.0 Å². The van der Waals surface area contributed by atoms with Crippen LogP contribution in [0.2, 0.25) is 0 Å². The van der Waals surface area contributed by atoms with Gasteiger partial charge in [-0.25, -0.2) is 19.5 Å². The molecule has 250 valence electrons. The molecule has 47 heavy (non-hydrogen) atoms. The number of imidazole rings is 1. The van der Waals surface area contributed by atoms with E-state index in [0.29, 0.717) is 16.7 Å². The number of nitrogens with one attached hydrogen (secondary N) is 1. The molecule has 1 aliphatic heterocycles. The molecule has 0 bridgehead atoms. The SMILES string of the molecule is CCOC(=O)CCc1ccccc1OP(=O)(N[C@@H](C)C(=O)OCc1ccccc1)OC[C@@H]1C[C@H](O)C(n2cnc3c(N)ncnc32)O1. The van der Waals surface area contributed by atoms with E-state index in [9.17, 15) is 19.3 Å². The van der Waals surface area contributed by atoms with Gasteiger partial charge in [-0.1, -0.05) is 48.5 Å². The predicted octanol–water partition coefficient (Wildman–Crippen LogP) is 3.48. The van der Waals surface area contributed by atoms with E-state index in [1.165, 1.54) is 24.1 Å². The summed E-state index contributed by atoms with van der Waals surface area (Å²) < 4.78 is 44.2. The van der Waals surface area contributed by atoms with Crippen LogP contribution >= 0.6 is 7.75 Å². The van der Waals surface area contributed by atoms with Crippen LogP contribution in [0.25, 0.3) is 11.2 Å². The lowest BCUT2D eigenvalue weighted by molar-refractivity contribution is -0.146. The van der Waals surface area contributed by atoms with Crippen LogP contribution in [0.15, 0.2) is 67.3 Å². The first-order valence-electron chi connectivity index (χ1n) is 15.1. The van der Waals surface area contributed by atoms with Crippen LogP contribution in [-0.2, 0) is 45.9 Å². The summed E-state index contributed by atoms with van der Waals surface area (Å²) in [7, 11) is -4.32. The normalized spacial score (nSPS) is 19.6. The zero-order valence-electron chi connectivity index (χ0n) is 25.9. The number of hydrogen-bond acceptors (Lipinski definition) is 13. The number of aryl methyl sites for hydroxylation is 1. The summed E-state index contributed by atoms with van der Waals surface area (Å²) in [6, 6.07) is 14.8. The van der Waals surface area contributed by atoms with Gasteiger partial charge in [-0.2, -0.15) is 5.09 Å². The first-order valence-corrected chi connectivity index (χ1v) is 16.6. The number of carbonyl (C=O) groups is 2. The van der Waals surface area contributed by atoms with Gasteiger partial charge in [0.05, 0.1) is 25.6 Å². The van der Waals surface area contributed by atoms with Gasteiger partial charge >= 0.3 is 19.7 Å². The second kappa shape index (κ2) is 15.5. The maximum absolute atomic E-state index is 14.3. The standard InChI is InChI=1S/C31H37N6O9P/c1-3-42-26(39)14-13-22-11-7-8-12-25(22)46-47(41,36-20(2)31(40)43-16-21-9-5-4-6-10-21)44-17-23-15-24(38)30(45-23)37-19-35-27-28(32)33-18-34-29(27)37/h4-12,18-20,23-24,30,38H,3,13-17H2,1-2H3,(H,36,41)(H2,32,33,34)/t20-,23-,24-,30?,47?/m0/s1. The number of esters is 2. The molecule has 2 aromatic carbocycles. The summed E-state index contributed by atoms with van der Waals surface area (Å²) in [6.45, 7) is 3.18. The molecule has 5 rings (SSSR count). The molecule has 2 aromatic heterocycles. The van der Waals surface area contributed by atoms with Crippen LogP contribution in [0.4, 0.5) is 5.82 Å². The molecule has 1 saturated heterocycles. The monoisotopic (exact) mass is 668 g/mol. The van der Waals surface area contributed by atoms with Gasteiger partial charge in [0, 0.05) is 12.8 Å². The Morgan fingerprint density at radius 2 is 1.89 bits per heavy atom. The number of aliphatic hydroxyl groups excluding tert-OH is 1. The number of fused-ring (bicyclic) bond motifs is 1. The number of aromatic nitrogens is 4. The topological polar surface area (TPSA) is 199 Å². The van der Waals surface area contributed by atoms with Gasteiger partial charge in [0.15, 0.2) is 17.7 Å². The van der Waals surface area contributed by atoms with Crippen molar-refractivity contribution < 1.29 is 42.5 Å². The maximum atomic E-state index is 14.3. The number of anilines is 1. The van der Waals surface area contributed by atoms with Crippen LogP contribution in [0, 0.1) is 0 Å². The lowest BCUT2D eigenvalue weighted by Crippen LogP contribution is -2.35. The van der Waals surface area contributed by atoms with Crippen LogP contribution < -0.4 is 15.3 Å². The molecule has 16 heteroatoms. The van der Waals surface area contributed by atoms with E-state index in [4.69, 9.17) is 29.0 Å². The predicted molar refractivity (Wildman–Crippen MR) is 169 cm³/mol. The average Bonchev–Trinajstić information content (AvgIpc) is 3.66. The number of nitrogens with zero attached hydrogens (tertiary/aromatic N) is 4. The van der Waals surface area contributed by atoms with Crippen LogP contribution in [0.5, 0.6) is 5.75 Å². The van der Waals surface area contributed by atoms with Gasteiger partial charge in [-0.3, -0.25) is 18.7 Å². The van der Waals surface area contributed by atoms with Crippen molar-refractivity contribution in [3.63, 3.8) is 0 Å². The van der Waals surface area contributed by atoms with Crippen molar-refractivity contribution in [2.24, 2.45) is 0 Å². The number of nitrogen functional groups attached to an aromatic ring is 1. The maximum Gasteiger partial charge on any atom is 0.459 e. The Kier molecular flexibility index (Phi) is 11.2. The van der Waals surface area contributed by atoms with E-state index in [0.717, 1.165) is 5.56 Å². The summed E-state index contributed by atoms with van der Waals surface area (Å²) in [5.74, 6) is -0.701. The summed E-state index contributed by atoms with van der Waals surface area (Å²) in [6.07, 6.45) is 0.569. The van der Waals surface area contributed by atoms with Crippen molar-refractivity contribution in [2.45, 2.75) is 64.2 Å². The third kappa shape index (κ3) is 8.70. The first kappa shape index (κ1) is 33.9. The van der Waals surface area contributed by atoms with Crippen molar-refractivity contribution in [1.29, 1.82) is 0 Å². The quantitative estimate of drug-likeness (QED) is 0.123. The van der Waals surface area contributed by atoms with E-state index in [2.05, 4.69) is 20.0 Å². The second-order valence-corrected chi connectivity index (χ2v) is 12.5. The highest BCUT2D eigenvalue weighted by molar-refractivity contribution is 7.52. The number of benzene rings is 2. The molecule has 1 fully saturated rings. The molecule has 1 aliphatic rings. The Bertz CT molecular complexity index is 1720. The van der Waals surface area contributed by atoms with Crippen molar-refractivity contribution in [2.75, 3.05) is 18.9 Å². The molecule has 3 heterocycles. The minimum Gasteiger partial charge on any atom is -0.466 e. The van der Waals surface area contributed by atoms with Crippen molar-refractivity contribution in [1.82, 2.24) is 24.6 Å². The number of nitrogens with two attached hydrogens (primary N) is 1. The van der Waals surface area contributed by atoms with Gasteiger partial charge in [0.1, 0.15) is 36.3 Å². The number of carbonyl (C=O) groups excluding carboxylic acids is 2. The van der Waals surface area contributed by atoms with Crippen molar-refractivity contribution in [3.8, 4) is 5.75 Å². The molecule has 15 nitrogen and oxygen atoms in total. The largest absolute Gasteiger partial charge is 0.466 e. The minimum absolute atomic E-state index is 0.0170. The second-order valence-electron chi connectivity index (χ2n) is 10.8. The van der Waals surface area contributed by atoms with Gasteiger partial charge in [0.2, 0.25) is 0 Å². The third-order valence-electron chi connectivity index (χ3n) is 7.28. The van der Waals surface area contributed by atoms with Gasteiger partial charge < -0.3 is 29.6 Å². The van der Waals surface area contributed by atoms with Crippen LogP contribution in [-0.4, -0.2) is 68.0 Å². The lowest BCUT2D eigenvalue weighted by atomic mass is 10.1. The minimum atomic E-state index is -4.32. The highest BCUT2D eigenvalue weighted by Gasteiger charge is 2.40. The van der Waals surface area contributed by atoms with E-state index in [1.807, 2.05) is 30.3 Å². The molecule has 4 N–H and O–H groups in total. The van der Waals surface area contributed by atoms with Gasteiger partial charge in [0.25, 0.3) is 0 Å². The molecular weight excluding hydrogens is 631 g/mol. The highest BCUT2D eigenvalue weighted by atomic mass is 31.2. The molecule has 0 amide bonds. The van der Waals surface area contributed by atoms with Crippen molar-refractivity contribution >= 4 is 36.7 Å². The fourth-order valence-electron chi connectivity index (χ4n) is 4.96. The Morgan fingerprint density at radius 1 is 1.13 bits per heavy atom. The van der Waals surface area contributed by atoms with E-state index in [1.54, 1.807) is 31.2 Å². The summed E-state index contributed by atoms with van der Waals surface area (Å²) >= 11 is 0. The molecule has 0 aliphatic carbocycles. The average molecular weight is 669 g/mol. The van der Waals surface area contributed by atoms with Crippen molar-refractivity contribution in [3.05, 3.63) is 78.4 Å². The third-order valence-corrected chi connectivity index (χ3v) is 8.91. The smallest absolute Gasteiger partial charge is 0.459 e. The van der Waals surface area contributed by atoms with Gasteiger partial charge in [-0.15, -0.1) is 0 Å². The number of rotatable bonds is 15. The number of hydrogen-bond donors (Lipinski definition) is 3. The molecule has 0 saturated carbocycles. The van der Waals surface area contributed by atoms with E-state index >= 15 is 0 Å². The Balaban J connectivity index is 1.30. The fraction of sp³-hybridized carbons (Fsp3) is 0.387. The molecular formula is C31H37N6O9P. The summed E-state index contributed by atoms with van der Waals surface area (Å²) in [5, 5.41) is 13.5. The molecule has 0 radical (unpaired) electrons. The molecule has 4 aromatic rings. The number of para-hydroxylation sites is 1. The Labute approximate surface area is 271 Å². The fourth-order valence-corrected chi connectivity index (χ4v) is 6.52. The lowest BCUT2D eigenvalue weighted by Gasteiger charge is -2.25. The highest BCUT2D eigenvalue weighted by Crippen LogP contribution is 2.47. The summed E-state index contributed by atoms with van der Waals surface area (Å²) in [5.41, 5.74) is 7.99. The van der Waals surface area contributed by atoms with Crippen LogP contribution in [0.3, 0.4) is 0 Å². The Hall–Kier alpha value is -4.40.